The molecule has 0 aromatic heterocycles. The molecule has 116 valence electrons. The van der Waals surface area contributed by atoms with Crippen LogP contribution in [0.2, 0.25) is 0 Å². The van der Waals surface area contributed by atoms with Crippen LogP contribution in [0.4, 0.5) is 0 Å². The Hall–Kier alpha value is -1.02. The van der Waals surface area contributed by atoms with Crippen molar-refractivity contribution in [2.24, 2.45) is 5.92 Å². The van der Waals surface area contributed by atoms with Crippen LogP contribution in [0, 0.1) is 5.92 Å². The Labute approximate surface area is 129 Å². The van der Waals surface area contributed by atoms with Crippen molar-refractivity contribution >= 4 is 0 Å². The van der Waals surface area contributed by atoms with Gasteiger partial charge >= 0.3 is 0 Å². The second kappa shape index (κ2) is 6.39. The van der Waals surface area contributed by atoms with E-state index < -0.39 is 0 Å². The predicted molar refractivity (Wildman–Crippen MR) is 87.6 cm³/mol. The Balaban J connectivity index is 1.80. The van der Waals surface area contributed by atoms with Crippen molar-refractivity contribution in [3.8, 4) is 5.75 Å². The molecule has 1 atom stereocenters. The van der Waals surface area contributed by atoms with Crippen molar-refractivity contribution in [2.45, 2.75) is 70.9 Å². The van der Waals surface area contributed by atoms with Crippen LogP contribution in [0.3, 0.4) is 0 Å². The summed E-state index contributed by atoms with van der Waals surface area (Å²) in [4.78, 5) is 2.80. The maximum absolute atomic E-state index is 9.70. The highest BCUT2D eigenvalue weighted by Crippen LogP contribution is 2.41. The highest BCUT2D eigenvalue weighted by atomic mass is 16.3. The first-order valence-electron chi connectivity index (χ1n) is 8.72. The monoisotopic (exact) mass is 287 g/mol. The molecule has 0 amide bonds. The minimum atomic E-state index is 0.420. The molecule has 1 fully saturated rings. The van der Waals surface area contributed by atoms with Gasteiger partial charge in [0.15, 0.2) is 0 Å². The van der Waals surface area contributed by atoms with Crippen LogP contribution < -0.4 is 0 Å². The van der Waals surface area contributed by atoms with E-state index in [1.165, 1.54) is 56.2 Å². The lowest BCUT2D eigenvalue weighted by Crippen LogP contribution is -2.37. The van der Waals surface area contributed by atoms with Gasteiger partial charge in [-0.3, -0.25) is 4.90 Å². The summed E-state index contributed by atoms with van der Waals surface area (Å²) in [6.45, 7) is 5.88. The van der Waals surface area contributed by atoms with Crippen molar-refractivity contribution in [1.29, 1.82) is 0 Å². The lowest BCUT2D eigenvalue weighted by Gasteiger charge is -2.35. The number of fused-ring (bicyclic) bond motifs is 1. The predicted octanol–water partition coefficient (Wildman–Crippen LogP) is 4.67. The molecular weight excluding hydrogens is 258 g/mol. The summed E-state index contributed by atoms with van der Waals surface area (Å²) < 4.78 is 0. The molecule has 0 spiro atoms. The third kappa shape index (κ3) is 3.26. The van der Waals surface area contributed by atoms with Crippen LogP contribution in [-0.4, -0.2) is 22.6 Å². The number of hydrogen-bond donors (Lipinski definition) is 1. The van der Waals surface area contributed by atoms with Gasteiger partial charge in [0.25, 0.3) is 0 Å². The molecule has 1 N–H and O–H groups in total. The molecule has 1 aromatic carbocycles. The maximum atomic E-state index is 9.70. The summed E-state index contributed by atoms with van der Waals surface area (Å²) in [7, 11) is 0. The lowest BCUT2D eigenvalue weighted by molar-refractivity contribution is 0.127. The first-order chi connectivity index (χ1) is 10.1. The summed E-state index contributed by atoms with van der Waals surface area (Å²) in [5, 5.41) is 9.70. The SMILES string of the molecule is CC(C)CCN(C1CCCC1)C1CCc2cc(O)ccc21. The van der Waals surface area contributed by atoms with Crippen molar-refractivity contribution in [1.82, 2.24) is 4.90 Å². The summed E-state index contributed by atoms with van der Waals surface area (Å²) >= 11 is 0. The smallest absolute Gasteiger partial charge is 0.115 e. The minimum absolute atomic E-state index is 0.420. The third-order valence-electron chi connectivity index (χ3n) is 5.33. The molecule has 0 saturated heterocycles. The van der Waals surface area contributed by atoms with E-state index in [4.69, 9.17) is 0 Å². The number of phenolic OH excluding ortho intramolecular Hbond substituents is 1. The molecule has 2 heteroatoms. The van der Waals surface area contributed by atoms with Gasteiger partial charge in [-0.25, -0.2) is 0 Å². The molecule has 21 heavy (non-hydrogen) atoms. The van der Waals surface area contributed by atoms with Gasteiger partial charge in [0.05, 0.1) is 0 Å². The molecule has 0 radical (unpaired) electrons. The van der Waals surface area contributed by atoms with E-state index in [2.05, 4.69) is 24.8 Å². The minimum Gasteiger partial charge on any atom is -0.508 e. The Bertz CT molecular complexity index is 476. The number of hydrogen-bond acceptors (Lipinski definition) is 2. The summed E-state index contributed by atoms with van der Waals surface area (Å²) in [6, 6.07) is 7.38. The fourth-order valence-electron chi connectivity index (χ4n) is 4.16. The number of aryl methyl sites for hydroxylation is 1. The van der Waals surface area contributed by atoms with Gasteiger partial charge in [0, 0.05) is 12.1 Å². The molecule has 1 unspecified atom stereocenters. The van der Waals surface area contributed by atoms with Gasteiger partial charge in [-0.15, -0.1) is 0 Å². The molecule has 2 nitrogen and oxygen atoms in total. The first-order valence-corrected chi connectivity index (χ1v) is 8.72. The van der Waals surface area contributed by atoms with Gasteiger partial charge in [-0.2, -0.15) is 0 Å². The van der Waals surface area contributed by atoms with E-state index in [1.807, 2.05) is 12.1 Å². The van der Waals surface area contributed by atoms with Crippen LogP contribution in [0.5, 0.6) is 5.75 Å². The van der Waals surface area contributed by atoms with E-state index in [-0.39, 0.29) is 0 Å². The Morgan fingerprint density at radius 3 is 2.67 bits per heavy atom. The normalized spacial score (nSPS) is 22.4. The average Bonchev–Trinajstić information content (AvgIpc) is 3.09. The van der Waals surface area contributed by atoms with Crippen LogP contribution in [0.15, 0.2) is 18.2 Å². The zero-order valence-corrected chi connectivity index (χ0v) is 13.5. The molecule has 1 saturated carbocycles. The van der Waals surface area contributed by atoms with E-state index >= 15 is 0 Å². The number of phenols is 1. The molecule has 0 aliphatic heterocycles. The molecule has 3 rings (SSSR count). The Morgan fingerprint density at radius 1 is 1.19 bits per heavy atom. The molecule has 2 aliphatic carbocycles. The van der Waals surface area contributed by atoms with E-state index in [1.54, 1.807) is 0 Å². The van der Waals surface area contributed by atoms with Gasteiger partial charge in [-0.1, -0.05) is 32.8 Å². The van der Waals surface area contributed by atoms with Crippen molar-refractivity contribution in [2.75, 3.05) is 6.54 Å². The average molecular weight is 287 g/mol. The van der Waals surface area contributed by atoms with Crippen LogP contribution in [0.1, 0.15) is 69.5 Å². The quantitative estimate of drug-likeness (QED) is 0.850. The van der Waals surface area contributed by atoms with Gasteiger partial charge in [0.2, 0.25) is 0 Å². The second-order valence-electron chi connectivity index (χ2n) is 7.30. The standard InChI is InChI=1S/C19H29NO/c1-14(2)11-12-20(16-5-3-4-6-16)19-10-7-15-13-17(21)8-9-18(15)19/h8-9,13-14,16,19,21H,3-7,10-12H2,1-2H3. The van der Waals surface area contributed by atoms with Crippen molar-refractivity contribution in [3.05, 3.63) is 29.3 Å². The maximum Gasteiger partial charge on any atom is 0.115 e. The number of benzene rings is 1. The summed E-state index contributed by atoms with van der Waals surface area (Å²) in [5.41, 5.74) is 2.84. The van der Waals surface area contributed by atoms with Crippen LogP contribution in [-0.2, 0) is 6.42 Å². The zero-order valence-electron chi connectivity index (χ0n) is 13.5. The van der Waals surface area contributed by atoms with Crippen molar-refractivity contribution in [3.63, 3.8) is 0 Å². The first kappa shape index (κ1) is 14.9. The van der Waals surface area contributed by atoms with E-state index in [9.17, 15) is 5.11 Å². The topological polar surface area (TPSA) is 23.5 Å². The zero-order chi connectivity index (χ0) is 14.8. The van der Waals surface area contributed by atoms with Gasteiger partial charge < -0.3 is 5.11 Å². The van der Waals surface area contributed by atoms with Gasteiger partial charge in [-0.05, 0) is 67.8 Å². The summed E-state index contributed by atoms with van der Waals surface area (Å²) in [6.07, 6.45) is 9.20. The van der Waals surface area contributed by atoms with Gasteiger partial charge in [0.1, 0.15) is 5.75 Å². The molecule has 0 heterocycles. The highest BCUT2D eigenvalue weighted by Gasteiger charge is 2.33. The fraction of sp³-hybridized carbons (Fsp3) is 0.684. The summed E-state index contributed by atoms with van der Waals surface area (Å²) in [5.74, 6) is 1.19. The number of nitrogens with zero attached hydrogens (tertiary/aromatic N) is 1. The molecule has 2 aliphatic rings. The number of rotatable bonds is 5. The molecule has 0 bridgehead atoms. The Morgan fingerprint density at radius 2 is 1.95 bits per heavy atom. The fourth-order valence-corrected chi connectivity index (χ4v) is 4.16. The largest absolute Gasteiger partial charge is 0.508 e. The molecule has 1 aromatic rings. The van der Waals surface area contributed by atoms with Crippen LogP contribution in [0.25, 0.3) is 0 Å². The van der Waals surface area contributed by atoms with E-state index in [0.29, 0.717) is 11.8 Å². The molecular formula is C19H29NO. The third-order valence-corrected chi connectivity index (χ3v) is 5.33. The Kier molecular flexibility index (Phi) is 4.54. The lowest BCUT2D eigenvalue weighted by atomic mass is 10.0. The van der Waals surface area contributed by atoms with Crippen molar-refractivity contribution < 1.29 is 5.11 Å². The number of aromatic hydroxyl groups is 1. The van der Waals surface area contributed by atoms with E-state index in [0.717, 1.165) is 18.4 Å². The highest BCUT2D eigenvalue weighted by molar-refractivity contribution is 5.40. The second-order valence-corrected chi connectivity index (χ2v) is 7.30. The van der Waals surface area contributed by atoms with Crippen LogP contribution >= 0.6 is 0 Å².